The molecule has 4 aromatic rings. The third kappa shape index (κ3) is 5.90. The normalized spacial score (nSPS) is 12.8. The van der Waals surface area contributed by atoms with Gasteiger partial charge in [0.15, 0.2) is 11.5 Å². The van der Waals surface area contributed by atoms with Crippen molar-refractivity contribution in [1.82, 2.24) is 14.8 Å². The van der Waals surface area contributed by atoms with Gasteiger partial charge in [0.2, 0.25) is 5.91 Å². The van der Waals surface area contributed by atoms with Gasteiger partial charge in [-0.2, -0.15) is 0 Å². The molecule has 1 saturated carbocycles. The van der Waals surface area contributed by atoms with Gasteiger partial charge in [0.25, 0.3) is 5.91 Å². The number of rotatable bonds is 11. The standard InChI is InChI=1S/C31H32FN3O4/c1-38-28-14-11-21(17-29(28)39-2)19-34(16-15-22-18-33-27-10-6-4-7-24(22)27)30(36)20-35(23-12-13-23)31(37)25-8-3-5-9-26(25)32/h3-11,14,17-18,23,33H,12-13,15-16,19-20H2,1-2H3. The lowest BCUT2D eigenvalue weighted by atomic mass is 10.1. The van der Waals surface area contributed by atoms with Crippen molar-refractivity contribution >= 4 is 22.7 Å². The predicted molar refractivity (Wildman–Crippen MR) is 147 cm³/mol. The molecule has 1 aliphatic rings. The fourth-order valence-corrected chi connectivity index (χ4v) is 4.87. The van der Waals surface area contributed by atoms with Crippen LogP contribution in [0.1, 0.15) is 34.3 Å². The van der Waals surface area contributed by atoms with Crippen LogP contribution in [0.25, 0.3) is 10.9 Å². The number of para-hydroxylation sites is 1. The largest absolute Gasteiger partial charge is 0.493 e. The Kier molecular flexibility index (Phi) is 7.81. The molecule has 202 valence electrons. The molecule has 39 heavy (non-hydrogen) atoms. The van der Waals surface area contributed by atoms with Gasteiger partial charge in [-0.1, -0.05) is 36.4 Å². The van der Waals surface area contributed by atoms with E-state index in [1.807, 2.05) is 42.6 Å². The molecule has 1 aliphatic carbocycles. The van der Waals surface area contributed by atoms with E-state index in [1.54, 1.807) is 31.3 Å². The van der Waals surface area contributed by atoms with Gasteiger partial charge in [-0.05, 0) is 60.7 Å². The van der Waals surface area contributed by atoms with Crippen LogP contribution in [-0.2, 0) is 17.8 Å². The minimum atomic E-state index is -0.581. The smallest absolute Gasteiger partial charge is 0.257 e. The maximum atomic E-state index is 14.4. The van der Waals surface area contributed by atoms with Crippen LogP contribution in [0, 0.1) is 5.82 Å². The minimum Gasteiger partial charge on any atom is -0.493 e. The number of methoxy groups -OCH3 is 2. The topological polar surface area (TPSA) is 74.9 Å². The molecule has 1 aromatic heterocycles. The molecule has 0 saturated heterocycles. The van der Waals surface area contributed by atoms with Gasteiger partial charge in [0.1, 0.15) is 12.4 Å². The van der Waals surface area contributed by atoms with Crippen LogP contribution >= 0.6 is 0 Å². The summed E-state index contributed by atoms with van der Waals surface area (Å²) >= 11 is 0. The number of hydrogen-bond donors (Lipinski definition) is 1. The lowest BCUT2D eigenvalue weighted by Crippen LogP contribution is -2.44. The molecule has 1 fully saturated rings. The van der Waals surface area contributed by atoms with Crippen LogP contribution in [0.15, 0.2) is 72.9 Å². The second-order valence-electron chi connectivity index (χ2n) is 9.76. The number of carbonyl (C=O) groups excluding carboxylic acids is 2. The average molecular weight is 530 g/mol. The van der Waals surface area contributed by atoms with E-state index in [0.29, 0.717) is 31.0 Å². The van der Waals surface area contributed by atoms with Gasteiger partial charge in [-0.15, -0.1) is 0 Å². The van der Waals surface area contributed by atoms with Gasteiger partial charge in [0.05, 0.1) is 19.8 Å². The lowest BCUT2D eigenvalue weighted by molar-refractivity contribution is -0.132. The van der Waals surface area contributed by atoms with E-state index in [9.17, 15) is 14.0 Å². The molecule has 1 heterocycles. The highest BCUT2D eigenvalue weighted by Crippen LogP contribution is 2.30. The Morgan fingerprint density at radius 2 is 1.72 bits per heavy atom. The summed E-state index contributed by atoms with van der Waals surface area (Å²) in [4.78, 5) is 33.6. The third-order valence-corrected chi connectivity index (χ3v) is 7.16. The van der Waals surface area contributed by atoms with E-state index in [4.69, 9.17) is 9.47 Å². The highest BCUT2D eigenvalue weighted by Gasteiger charge is 2.36. The Hall–Kier alpha value is -4.33. The van der Waals surface area contributed by atoms with Crippen LogP contribution in [0.3, 0.4) is 0 Å². The van der Waals surface area contributed by atoms with Crippen LogP contribution < -0.4 is 9.47 Å². The van der Waals surface area contributed by atoms with Crippen molar-refractivity contribution in [2.75, 3.05) is 27.3 Å². The molecule has 0 unspecified atom stereocenters. The van der Waals surface area contributed by atoms with Crippen LogP contribution in [0.2, 0.25) is 0 Å². The molecule has 0 aliphatic heterocycles. The van der Waals surface area contributed by atoms with Crippen molar-refractivity contribution in [2.24, 2.45) is 0 Å². The Labute approximate surface area is 227 Å². The van der Waals surface area contributed by atoms with Gasteiger partial charge in [0, 0.05) is 36.2 Å². The highest BCUT2D eigenvalue weighted by molar-refractivity contribution is 5.97. The number of carbonyl (C=O) groups is 2. The van der Waals surface area contributed by atoms with Crippen molar-refractivity contribution in [1.29, 1.82) is 0 Å². The van der Waals surface area contributed by atoms with Gasteiger partial charge in [-0.3, -0.25) is 9.59 Å². The monoisotopic (exact) mass is 529 g/mol. The van der Waals surface area contributed by atoms with Crippen molar-refractivity contribution < 1.29 is 23.5 Å². The lowest BCUT2D eigenvalue weighted by Gasteiger charge is -2.28. The number of fused-ring (bicyclic) bond motifs is 1. The summed E-state index contributed by atoms with van der Waals surface area (Å²) in [5.74, 6) is -0.0448. The fraction of sp³-hybridized carbons (Fsp3) is 0.290. The Morgan fingerprint density at radius 1 is 0.974 bits per heavy atom. The number of ether oxygens (including phenoxy) is 2. The number of halogens is 1. The second-order valence-corrected chi connectivity index (χ2v) is 9.76. The zero-order chi connectivity index (χ0) is 27.4. The molecule has 1 N–H and O–H groups in total. The number of H-pyrrole nitrogens is 1. The molecule has 8 heteroatoms. The summed E-state index contributed by atoms with van der Waals surface area (Å²) in [6.45, 7) is 0.661. The maximum absolute atomic E-state index is 14.4. The van der Waals surface area contributed by atoms with E-state index in [0.717, 1.165) is 34.9 Å². The van der Waals surface area contributed by atoms with E-state index in [1.165, 1.54) is 17.0 Å². The molecule has 0 bridgehead atoms. The molecule has 2 amide bonds. The molecule has 3 aromatic carbocycles. The highest BCUT2D eigenvalue weighted by atomic mass is 19.1. The van der Waals surface area contributed by atoms with Crippen molar-refractivity contribution in [3.8, 4) is 11.5 Å². The minimum absolute atomic E-state index is 0.0116. The summed E-state index contributed by atoms with van der Waals surface area (Å²) in [6.07, 6.45) is 4.21. The summed E-state index contributed by atoms with van der Waals surface area (Å²) in [5.41, 5.74) is 3.01. The second kappa shape index (κ2) is 11.6. The quantitative estimate of drug-likeness (QED) is 0.290. The van der Waals surface area contributed by atoms with E-state index in [2.05, 4.69) is 11.1 Å². The number of amides is 2. The Bertz CT molecular complexity index is 1480. The molecule has 0 radical (unpaired) electrons. The number of aromatic nitrogens is 1. The van der Waals surface area contributed by atoms with Crippen molar-refractivity contribution in [2.45, 2.75) is 31.8 Å². The van der Waals surface area contributed by atoms with Gasteiger partial charge in [-0.25, -0.2) is 4.39 Å². The fourth-order valence-electron chi connectivity index (χ4n) is 4.87. The number of nitrogens with zero attached hydrogens (tertiary/aromatic N) is 2. The number of nitrogens with one attached hydrogen (secondary N) is 1. The first kappa shape index (κ1) is 26.3. The van der Waals surface area contributed by atoms with Crippen LogP contribution in [0.5, 0.6) is 11.5 Å². The third-order valence-electron chi connectivity index (χ3n) is 7.16. The van der Waals surface area contributed by atoms with Gasteiger partial charge < -0.3 is 24.3 Å². The maximum Gasteiger partial charge on any atom is 0.257 e. The number of hydrogen-bond acceptors (Lipinski definition) is 4. The van der Waals surface area contributed by atoms with Crippen molar-refractivity contribution in [3.63, 3.8) is 0 Å². The Balaban J connectivity index is 1.39. The molecular formula is C31H32FN3O4. The predicted octanol–water partition coefficient (Wildman–Crippen LogP) is 5.20. The van der Waals surface area contributed by atoms with E-state index >= 15 is 0 Å². The van der Waals surface area contributed by atoms with Crippen LogP contribution in [0.4, 0.5) is 4.39 Å². The zero-order valence-electron chi connectivity index (χ0n) is 22.2. The molecular weight excluding hydrogens is 497 g/mol. The molecule has 7 nitrogen and oxygen atoms in total. The Morgan fingerprint density at radius 3 is 2.46 bits per heavy atom. The SMILES string of the molecule is COc1ccc(CN(CCc2c[nH]c3ccccc23)C(=O)CN(C(=O)c2ccccc2F)C2CC2)cc1OC. The first-order valence-corrected chi connectivity index (χ1v) is 13.1. The first-order valence-electron chi connectivity index (χ1n) is 13.1. The van der Waals surface area contributed by atoms with Crippen LogP contribution in [-0.4, -0.2) is 59.9 Å². The van der Waals surface area contributed by atoms with E-state index < -0.39 is 11.7 Å². The number of benzene rings is 3. The number of aromatic amines is 1. The molecule has 5 rings (SSSR count). The van der Waals surface area contributed by atoms with Gasteiger partial charge >= 0.3 is 0 Å². The molecule has 0 spiro atoms. The summed E-state index contributed by atoms with van der Waals surface area (Å²) < 4.78 is 25.3. The van der Waals surface area contributed by atoms with E-state index in [-0.39, 0.29) is 24.1 Å². The summed E-state index contributed by atoms with van der Waals surface area (Å²) in [7, 11) is 3.15. The summed E-state index contributed by atoms with van der Waals surface area (Å²) in [5, 5.41) is 1.12. The average Bonchev–Trinajstić information content (AvgIpc) is 3.72. The molecule has 0 atom stereocenters. The summed E-state index contributed by atoms with van der Waals surface area (Å²) in [6, 6.07) is 19.5. The van der Waals surface area contributed by atoms with Crippen molar-refractivity contribution in [3.05, 3.63) is 95.4 Å². The first-order chi connectivity index (χ1) is 19.0. The zero-order valence-corrected chi connectivity index (χ0v) is 22.2.